The molecule has 458 valence electrons. The number of carbonyl (C=O) groups is 1. The maximum absolute atomic E-state index is 14.6. The van der Waals surface area contributed by atoms with Crippen molar-refractivity contribution in [2.24, 2.45) is 0 Å². The fourth-order valence-corrected chi connectivity index (χ4v) is 16.2. The largest absolute Gasteiger partial charge is 0.532 e. The van der Waals surface area contributed by atoms with Crippen LogP contribution in [0.5, 0.6) is 17.2 Å². The summed E-state index contributed by atoms with van der Waals surface area (Å²) in [6.45, 7) is 48.7. The molecule has 0 fully saturated rings. The molecule has 11 heteroatoms. The van der Waals surface area contributed by atoms with Crippen LogP contribution in [0.1, 0.15) is 200 Å². The van der Waals surface area contributed by atoms with Crippen LogP contribution in [-0.4, -0.2) is 31.0 Å². The zero-order valence-corrected chi connectivity index (χ0v) is 59.7. The molecule has 1 aromatic heterocycles. The molecule has 7 nitrogen and oxygen atoms in total. The van der Waals surface area contributed by atoms with Crippen molar-refractivity contribution in [3.8, 4) is 50.6 Å². The first kappa shape index (κ1) is 64.9. The van der Waals surface area contributed by atoms with Crippen LogP contribution in [0, 0.1) is 41.5 Å². The highest BCUT2D eigenvalue weighted by molar-refractivity contribution is 8.32. The molecule has 8 aromatic rings. The summed E-state index contributed by atoms with van der Waals surface area (Å²) in [4.78, 5) is 16.8. The summed E-state index contributed by atoms with van der Waals surface area (Å²) in [5.74, 6) is 1.43. The van der Waals surface area contributed by atoms with Gasteiger partial charge in [-0.3, -0.25) is 0 Å². The van der Waals surface area contributed by atoms with Crippen LogP contribution >= 0.6 is 38.6 Å². The number of fused-ring (bicyclic) bond motifs is 4. The zero-order chi connectivity index (χ0) is 63.4. The highest BCUT2D eigenvalue weighted by Gasteiger charge is 2.39. The van der Waals surface area contributed by atoms with Crippen LogP contribution in [0.25, 0.3) is 55.3 Å². The predicted molar refractivity (Wildman–Crippen MR) is 372 cm³/mol. The predicted octanol–water partition coefficient (Wildman–Crippen LogP) is 24.1. The molecule has 9 rings (SSSR count). The van der Waals surface area contributed by atoms with E-state index in [2.05, 4.69) is 256 Å². The number of aryl methyl sites for hydroxylation is 6. The summed E-state index contributed by atoms with van der Waals surface area (Å²) in [7, 11) is -6.05. The van der Waals surface area contributed by atoms with Gasteiger partial charge in [0.05, 0.1) is 4.90 Å². The fraction of sp³-hybridized carbons (Fsp3) is 0.427. The van der Waals surface area contributed by atoms with E-state index in [0.717, 1.165) is 98.5 Å². The van der Waals surface area contributed by atoms with Gasteiger partial charge >= 0.3 is 22.8 Å². The van der Waals surface area contributed by atoms with Crippen LogP contribution in [0.2, 0.25) is 0 Å². The summed E-state index contributed by atoms with van der Waals surface area (Å²) in [5, 5.41) is 2.00. The minimum Gasteiger partial charge on any atom is -0.407 e. The van der Waals surface area contributed by atoms with Crippen molar-refractivity contribution < 1.29 is 31.3 Å². The Labute approximate surface area is 523 Å². The number of hydrogen-bond donors (Lipinski definition) is 0. The van der Waals surface area contributed by atoms with Crippen molar-refractivity contribution in [1.82, 2.24) is 0 Å². The van der Waals surface area contributed by atoms with Gasteiger partial charge in [0.1, 0.15) is 22.8 Å². The molecule has 0 saturated heterocycles. The summed E-state index contributed by atoms with van der Waals surface area (Å²) < 4.78 is 43.8. The van der Waals surface area contributed by atoms with Crippen LogP contribution in [0.3, 0.4) is 0 Å². The molecule has 0 radical (unpaired) electrons. The van der Waals surface area contributed by atoms with E-state index in [1.807, 2.05) is 6.07 Å². The molecule has 2 atom stereocenters. The van der Waals surface area contributed by atoms with Crippen molar-refractivity contribution in [2.45, 2.75) is 196 Å². The number of carbonyl (C=O) groups excluding carboxylic acids is 1. The third-order valence-electron chi connectivity index (χ3n) is 16.7. The minimum atomic E-state index is -2.35. The van der Waals surface area contributed by atoms with Crippen molar-refractivity contribution >= 4 is 66.5 Å². The van der Waals surface area contributed by atoms with Crippen molar-refractivity contribution in [3.63, 3.8) is 0 Å². The highest BCUT2D eigenvalue weighted by atomic mass is 32.3. The average Bonchev–Trinajstić information content (AvgIpc) is 1.16. The van der Waals surface area contributed by atoms with Crippen molar-refractivity contribution in [2.75, 3.05) is 25.0 Å². The van der Waals surface area contributed by atoms with E-state index in [0.29, 0.717) is 22.8 Å². The summed E-state index contributed by atoms with van der Waals surface area (Å²) >= 11 is 1.68. The van der Waals surface area contributed by atoms with Gasteiger partial charge in [-0.25, -0.2) is 14.8 Å². The molecular weight excluding hydrogens is 1140 g/mol. The Kier molecular flexibility index (Phi) is 17.7. The first-order chi connectivity index (χ1) is 39.7. The van der Waals surface area contributed by atoms with Gasteiger partial charge in [0, 0.05) is 37.9 Å². The van der Waals surface area contributed by atoms with Gasteiger partial charge in [-0.05, 0) is 221 Å². The Morgan fingerprint density at radius 2 is 0.953 bits per heavy atom. The molecular formula is C75H94O7P2S2. The van der Waals surface area contributed by atoms with E-state index in [1.165, 1.54) is 33.4 Å². The molecule has 0 saturated carbocycles. The molecule has 0 N–H and O–H groups in total. The molecule has 0 amide bonds. The van der Waals surface area contributed by atoms with Crippen molar-refractivity contribution in [3.05, 3.63) is 157 Å². The quantitative estimate of drug-likeness (QED) is 0.0936. The molecule has 7 aromatic carbocycles. The summed E-state index contributed by atoms with van der Waals surface area (Å²) in [6.07, 6.45) is 9.15. The van der Waals surface area contributed by atoms with E-state index < -0.39 is 43.7 Å². The lowest BCUT2D eigenvalue weighted by molar-refractivity contribution is 0.0696. The van der Waals surface area contributed by atoms with Gasteiger partial charge < -0.3 is 26.5 Å². The second kappa shape index (κ2) is 23.4. The van der Waals surface area contributed by atoms with Gasteiger partial charge in [0.2, 0.25) is 0 Å². The number of rotatable bonds is 11. The topological polar surface area (TPSA) is 80.3 Å². The van der Waals surface area contributed by atoms with E-state index >= 15 is 0 Å². The first-order valence-corrected chi connectivity index (χ1v) is 36.6. The Morgan fingerprint density at radius 1 is 0.500 bits per heavy atom. The first-order valence-electron chi connectivity index (χ1n) is 30.3. The highest BCUT2D eigenvalue weighted by Crippen LogP contribution is 2.59. The van der Waals surface area contributed by atoms with E-state index in [1.54, 1.807) is 11.8 Å². The van der Waals surface area contributed by atoms with Gasteiger partial charge in [-0.1, -0.05) is 152 Å². The molecule has 0 bridgehead atoms. The smallest absolute Gasteiger partial charge is 0.407 e. The van der Waals surface area contributed by atoms with Crippen LogP contribution in [0.4, 0.5) is 0 Å². The Hall–Kier alpha value is -5.56. The number of hydrogen-bond acceptors (Lipinski definition) is 8. The third-order valence-corrected chi connectivity index (χ3v) is 21.0. The van der Waals surface area contributed by atoms with E-state index in [9.17, 15) is 4.79 Å². The maximum Gasteiger partial charge on any atom is 0.532 e. The maximum atomic E-state index is 14.6. The Balaban J connectivity index is 1.47. The molecule has 0 spiro atoms. The molecule has 1 aliphatic rings. The fourth-order valence-electron chi connectivity index (χ4n) is 12.1. The molecule has 86 heavy (non-hydrogen) atoms. The van der Waals surface area contributed by atoms with E-state index in [4.69, 9.17) is 26.5 Å². The lowest BCUT2D eigenvalue weighted by atomic mass is 9.78. The monoisotopic (exact) mass is 1230 g/mol. The average molecular weight is 1230 g/mol. The van der Waals surface area contributed by atoms with Crippen LogP contribution in [0.15, 0.2) is 103 Å². The zero-order valence-electron chi connectivity index (χ0n) is 56.3. The SMILES string of the molecule is CSc1cc(C(C)(C)C)cc2c1op(Oc1c(-c3cc(-c4c(C)cc(C)cc4C)cc(C(C)(C)C)c3OP3OC(=O)c4cc(C(C)C)cc(C(C)C)c4O3)cc(-c3c(C)cc(C)cc3C)cc1C(C)(C)C)oc1c(S(C)(C)C)cc(C(C)(C)C)cc12. The van der Waals surface area contributed by atoms with Crippen molar-refractivity contribution in [1.29, 1.82) is 0 Å². The Morgan fingerprint density at radius 3 is 1.38 bits per heavy atom. The minimum absolute atomic E-state index is 0.0568. The van der Waals surface area contributed by atoms with Gasteiger partial charge in [-0.2, -0.15) is 0 Å². The third kappa shape index (κ3) is 13.0. The number of benzene rings is 7. The standard InChI is InChI=1S/C75H94O7P2S2/c1-41(2)49-31-54(42(3)4)66-59(32-49)71(76)82-84(77-66)79-68-56(34-51(36-61(68)75(20,21)22)65-47(9)29-44(6)30-48(65)10)55-33-50(64-45(7)27-43(5)28-46(64)8)35-60(74(17,18)19)67(55)78-83-80-69-57(37-52(72(11,12)13)39-62(69)85-23)58-38-53(73(14,15)16)40-63(70(58)81-83)86(24,25)26/h27-42H,1-26H3. The second-order valence-electron chi connectivity index (χ2n) is 29.7. The lowest BCUT2D eigenvalue weighted by Gasteiger charge is -2.31. The van der Waals surface area contributed by atoms with Gasteiger partial charge in [-0.15, -0.1) is 11.8 Å². The number of thioether (sulfide) groups is 1. The van der Waals surface area contributed by atoms with Gasteiger partial charge in [0.15, 0.2) is 11.2 Å². The van der Waals surface area contributed by atoms with Crippen LogP contribution < -0.4 is 13.6 Å². The molecule has 1 aliphatic heterocycles. The normalized spacial score (nSPS) is 14.7. The van der Waals surface area contributed by atoms with Crippen LogP contribution in [-0.2, 0) is 26.2 Å². The lowest BCUT2D eigenvalue weighted by Crippen LogP contribution is -2.19. The molecule has 0 aliphatic carbocycles. The Bertz CT molecular complexity index is 4010. The molecule has 2 unspecified atom stereocenters. The molecule has 2 heterocycles. The van der Waals surface area contributed by atoms with E-state index in [-0.39, 0.29) is 22.7 Å². The summed E-state index contributed by atoms with van der Waals surface area (Å²) in [6, 6.07) is 31.6. The second-order valence-corrected chi connectivity index (χ2v) is 36.6. The van der Waals surface area contributed by atoms with Gasteiger partial charge in [0.25, 0.3) is 0 Å². The summed E-state index contributed by atoms with van der Waals surface area (Å²) in [5.41, 5.74) is 19.8.